The van der Waals surface area contributed by atoms with Gasteiger partial charge in [0.1, 0.15) is 0 Å². The molecule has 1 unspecified atom stereocenters. The molecule has 0 aromatic heterocycles. The third-order valence-corrected chi connectivity index (χ3v) is 3.79. The second-order valence-electron chi connectivity index (χ2n) is 5.60. The highest BCUT2D eigenvalue weighted by Crippen LogP contribution is 2.32. The van der Waals surface area contributed by atoms with Gasteiger partial charge in [-0.15, -0.1) is 0 Å². The Morgan fingerprint density at radius 2 is 2.04 bits per heavy atom. The first-order valence-corrected chi connectivity index (χ1v) is 7.83. The normalized spacial score (nSPS) is 13.5. The maximum atomic E-state index is 12.8. The molecule has 0 bridgehead atoms. The Labute approximate surface area is 136 Å². The Bertz CT molecular complexity index is 572. The van der Waals surface area contributed by atoms with E-state index in [0.29, 0.717) is 30.2 Å². The summed E-state index contributed by atoms with van der Waals surface area (Å²) in [6.45, 7) is 4.93. The summed E-state index contributed by atoms with van der Waals surface area (Å²) < 4.78 is 15.3. The van der Waals surface area contributed by atoms with Crippen molar-refractivity contribution in [3.8, 4) is 11.5 Å². The van der Waals surface area contributed by atoms with Gasteiger partial charge >= 0.3 is 5.97 Å². The van der Waals surface area contributed by atoms with Crippen molar-refractivity contribution in [3.05, 3.63) is 23.8 Å². The quantitative estimate of drug-likeness (QED) is 0.722. The monoisotopic (exact) mass is 321 g/mol. The molecule has 126 valence electrons. The fourth-order valence-electron chi connectivity index (χ4n) is 2.44. The van der Waals surface area contributed by atoms with Gasteiger partial charge in [-0.05, 0) is 24.6 Å². The molecule has 1 aliphatic rings. The van der Waals surface area contributed by atoms with E-state index in [1.807, 2.05) is 0 Å². The van der Waals surface area contributed by atoms with E-state index < -0.39 is 0 Å². The molecular formula is C17H23NO5. The van der Waals surface area contributed by atoms with E-state index in [1.54, 1.807) is 30.0 Å². The van der Waals surface area contributed by atoms with Crippen molar-refractivity contribution in [2.24, 2.45) is 5.92 Å². The molecule has 0 N–H and O–H groups in total. The van der Waals surface area contributed by atoms with Crippen LogP contribution < -0.4 is 9.47 Å². The molecule has 6 nitrogen and oxygen atoms in total. The molecule has 1 aliphatic heterocycles. The molecule has 6 heteroatoms. The molecule has 2 rings (SSSR count). The summed E-state index contributed by atoms with van der Waals surface area (Å²) in [5.74, 6) is 0.421. The lowest BCUT2D eigenvalue weighted by atomic mass is 10.1. The Hall–Kier alpha value is -2.24. The number of nitrogens with zero attached hydrogens (tertiary/aromatic N) is 1. The van der Waals surface area contributed by atoms with Gasteiger partial charge in [0.25, 0.3) is 5.91 Å². The number of hydrogen-bond donors (Lipinski definition) is 0. The van der Waals surface area contributed by atoms with E-state index in [1.165, 1.54) is 7.11 Å². The van der Waals surface area contributed by atoms with E-state index in [-0.39, 0.29) is 24.6 Å². The standard InChI is InChI=1S/C17H23NO5/c1-4-5-8-18(10-12(2)17(20)21-3)16(19)13-6-7-14-15(9-13)23-11-22-14/h6-7,9,12H,4-5,8,10-11H2,1-3H3. The minimum atomic E-state index is -0.366. The zero-order valence-electron chi connectivity index (χ0n) is 13.8. The average Bonchev–Trinajstić information content (AvgIpc) is 3.04. The van der Waals surface area contributed by atoms with Crippen LogP contribution in [-0.2, 0) is 9.53 Å². The summed E-state index contributed by atoms with van der Waals surface area (Å²) >= 11 is 0. The summed E-state index contributed by atoms with van der Waals surface area (Å²) in [6.07, 6.45) is 1.85. The predicted molar refractivity (Wildman–Crippen MR) is 84.6 cm³/mol. The van der Waals surface area contributed by atoms with Gasteiger partial charge in [-0.25, -0.2) is 0 Å². The third kappa shape index (κ3) is 4.15. The van der Waals surface area contributed by atoms with Crippen LogP contribution in [0.4, 0.5) is 0 Å². The molecule has 0 fully saturated rings. The first-order chi connectivity index (χ1) is 11.1. The van der Waals surface area contributed by atoms with Gasteiger partial charge in [0.15, 0.2) is 11.5 Å². The van der Waals surface area contributed by atoms with Gasteiger partial charge in [-0.1, -0.05) is 20.3 Å². The molecule has 0 spiro atoms. The van der Waals surface area contributed by atoms with Gasteiger partial charge in [0, 0.05) is 18.7 Å². The molecule has 1 aromatic carbocycles. The molecule has 0 saturated heterocycles. The number of rotatable bonds is 7. The third-order valence-electron chi connectivity index (χ3n) is 3.79. The first-order valence-electron chi connectivity index (χ1n) is 7.83. The van der Waals surface area contributed by atoms with Crippen LogP contribution in [0.5, 0.6) is 11.5 Å². The number of fused-ring (bicyclic) bond motifs is 1. The molecule has 23 heavy (non-hydrogen) atoms. The summed E-state index contributed by atoms with van der Waals surface area (Å²) in [5.41, 5.74) is 0.530. The van der Waals surface area contributed by atoms with Crippen LogP contribution in [0.2, 0.25) is 0 Å². The van der Waals surface area contributed by atoms with Crippen molar-refractivity contribution in [1.82, 2.24) is 4.90 Å². The number of ether oxygens (including phenoxy) is 3. The number of hydrogen-bond acceptors (Lipinski definition) is 5. The molecule has 0 aliphatic carbocycles. The Morgan fingerprint density at radius 1 is 1.30 bits per heavy atom. The lowest BCUT2D eigenvalue weighted by molar-refractivity contribution is -0.145. The van der Waals surface area contributed by atoms with Crippen LogP contribution in [0.25, 0.3) is 0 Å². The maximum absolute atomic E-state index is 12.8. The van der Waals surface area contributed by atoms with Crippen LogP contribution >= 0.6 is 0 Å². The minimum absolute atomic E-state index is 0.118. The van der Waals surface area contributed by atoms with E-state index >= 15 is 0 Å². The molecule has 0 saturated carbocycles. The fraction of sp³-hybridized carbons (Fsp3) is 0.529. The van der Waals surface area contributed by atoms with Crippen molar-refractivity contribution in [3.63, 3.8) is 0 Å². The Kier molecular flexibility index (Phi) is 5.84. The van der Waals surface area contributed by atoms with Crippen molar-refractivity contribution in [2.45, 2.75) is 26.7 Å². The second kappa shape index (κ2) is 7.85. The first kappa shape index (κ1) is 17.1. The SMILES string of the molecule is CCCCN(CC(C)C(=O)OC)C(=O)c1ccc2c(c1)OCO2. The maximum Gasteiger partial charge on any atom is 0.310 e. The van der Waals surface area contributed by atoms with Crippen molar-refractivity contribution in [2.75, 3.05) is 27.0 Å². The molecule has 1 amide bonds. The number of methoxy groups -OCH3 is 1. The Morgan fingerprint density at radius 3 is 2.74 bits per heavy atom. The van der Waals surface area contributed by atoms with Gasteiger partial charge in [-0.3, -0.25) is 9.59 Å². The topological polar surface area (TPSA) is 65.1 Å². The Balaban J connectivity index is 2.13. The number of carbonyl (C=O) groups is 2. The van der Waals surface area contributed by atoms with Gasteiger partial charge in [-0.2, -0.15) is 0 Å². The highest BCUT2D eigenvalue weighted by molar-refractivity contribution is 5.95. The number of esters is 1. The van der Waals surface area contributed by atoms with E-state index in [0.717, 1.165) is 12.8 Å². The number of unbranched alkanes of at least 4 members (excludes halogenated alkanes) is 1. The van der Waals surface area contributed by atoms with Crippen LogP contribution in [-0.4, -0.2) is 43.8 Å². The number of amides is 1. The lowest BCUT2D eigenvalue weighted by Crippen LogP contribution is -2.38. The highest BCUT2D eigenvalue weighted by atomic mass is 16.7. The summed E-state index contributed by atoms with van der Waals surface area (Å²) in [6, 6.07) is 5.14. The number of benzene rings is 1. The van der Waals surface area contributed by atoms with Gasteiger partial charge in [0.05, 0.1) is 13.0 Å². The zero-order chi connectivity index (χ0) is 16.8. The van der Waals surface area contributed by atoms with Crippen LogP contribution in [0.3, 0.4) is 0 Å². The van der Waals surface area contributed by atoms with Crippen LogP contribution in [0.1, 0.15) is 37.0 Å². The predicted octanol–water partition coefficient (Wildman–Crippen LogP) is 2.47. The number of carbonyl (C=O) groups excluding carboxylic acids is 2. The fourth-order valence-corrected chi connectivity index (χ4v) is 2.44. The molecule has 1 aromatic rings. The van der Waals surface area contributed by atoms with Crippen molar-refractivity contribution in [1.29, 1.82) is 0 Å². The zero-order valence-corrected chi connectivity index (χ0v) is 13.8. The van der Waals surface area contributed by atoms with Gasteiger partial charge in [0.2, 0.25) is 6.79 Å². The summed E-state index contributed by atoms with van der Waals surface area (Å²) in [5, 5.41) is 0. The second-order valence-corrected chi connectivity index (χ2v) is 5.60. The summed E-state index contributed by atoms with van der Waals surface area (Å²) in [7, 11) is 1.36. The van der Waals surface area contributed by atoms with Crippen LogP contribution in [0, 0.1) is 5.92 Å². The molecular weight excluding hydrogens is 298 g/mol. The van der Waals surface area contributed by atoms with Crippen molar-refractivity contribution >= 4 is 11.9 Å². The van der Waals surface area contributed by atoms with E-state index in [2.05, 4.69) is 6.92 Å². The summed E-state index contributed by atoms with van der Waals surface area (Å²) in [4.78, 5) is 26.1. The average molecular weight is 321 g/mol. The smallest absolute Gasteiger partial charge is 0.310 e. The highest BCUT2D eigenvalue weighted by Gasteiger charge is 2.24. The molecule has 0 radical (unpaired) electrons. The largest absolute Gasteiger partial charge is 0.469 e. The lowest BCUT2D eigenvalue weighted by Gasteiger charge is -2.25. The van der Waals surface area contributed by atoms with Gasteiger partial charge < -0.3 is 19.1 Å². The molecule has 1 heterocycles. The molecule has 1 atom stereocenters. The van der Waals surface area contributed by atoms with Crippen molar-refractivity contribution < 1.29 is 23.8 Å². The van der Waals surface area contributed by atoms with E-state index in [4.69, 9.17) is 14.2 Å². The minimum Gasteiger partial charge on any atom is -0.469 e. The van der Waals surface area contributed by atoms with E-state index in [9.17, 15) is 9.59 Å². The van der Waals surface area contributed by atoms with Crippen LogP contribution in [0.15, 0.2) is 18.2 Å².